The van der Waals surface area contributed by atoms with E-state index in [0.717, 1.165) is 25.1 Å². The molecule has 2 aliphatic rings. The van der Waals surface area contributed by atoms with E-state index in [4.69, 9.17) is 4.74 Å². The number of hydrogen-bond donors (Lipinski definition) is 2. The van der Waals surface area contributed by atoms with Crippen LogP contribution in [0.1, 0.15) is 16.7 Å². The highest BCUT2D eigenvalue weighted by atomic mass is 127. The number of ether oxygens (including phenoxy) is 1. The van der Waals surface area contributed by atoms with E-state index in [2.05, 4.69) is 39.9 Å². The molecule has 0 saturated carbocycles. The summed E-state index contributed by atoms with van der Waals surface area (Å²) in [5, 5.41) is 6.39. The lowest BCUT2D eigenvalue weighted by Crippen LogP contribution is -2.47. The second-order valence-electron chi connectivity index (χ2n) is 7.19. The Bertz CT molecular complexity index is 862. The fourth-order valence-corrected chi connectivity index (χ4v) is 3.78. The molecule has 1 unspecified atom stereocenters. The van der Waals surface area contributed by atoms with E-state index in [0.29, 0.717) is 19.0 Å². The van der Waals surface area contributed by atoms with E-state index >= 15 is 0 Å². The molecule has 1 atom stereocenters. The number of guanidine groups is 1. The highest BCUT2D eigenvalue weighted by Gasteiger charge is 2.23. The molecule has 0 saturated heterocycles. The molecule has 2 aliphatic heterocycles. The van der Waals surface area contributed by atoms with Gasteiger partial charge in [-0.3, -0.25) is 9.79 Å². The summed E-state index contributed by atoms with van der Waals surface area (Å²) in [7, 11) is 1.71. The molecule has 1 amide bonds. The summed E-state index contributed by atoms with van der Waals surface area (Å²) >= 11 is 0. The molecule has 2 aromatic carbocycles. The van der Waals surface area contributed by atoms with E-state index in [1.165, 1.54) is 16.7 Å². The Balaban J connectivity index is 0.00000240. The van der Waals surface area contributed by atoms with Crippen molar-refractivity contribution in [3.05, 3.63) is 65.2 Å². The zero-order valence-corrected chi connectivity index (χ0v) is 18.9. The average Bonchev–Trinajstić information content (AvgIpc) is 3.16. The van der Waals surface area contributed by atoms with Crippen molar-refractivity contribution >= 4 is 35.8 Å². The average molecular weight is 506 g/mol. The second kappa shape index (κ2) is 9.96. The zero-order valence-electron chi connectivity index (χ0n) is 16.6. The van der Waals surface area contributed by atoms with E-state index in [1.54, 1.807) is 7.05 Å². The molecule has 7 heteroatoms. The first-order valence-corrected chi connectivity index (χ1v) is 9.76. The van der Waals surface area contributed by atoms with Crippen molar-refractivity contribution in [3.8, 4) is 5.75 Å². The zero-order chi connectivity index (χ0) is 19.3. The van der Waals surface area contributed by atoms with Crippen LogP contribution in [0.2, 0.25) is 0 Å². The minimum atomic E-state index is 0. The van der Waals surface area contributed by atoms with Crippen molar-refractivity contribution in [1.82, 2.24) is 15.5 Å². The van der Waals surface area contributed by atoms with Crippen molar-refractivity contribution in [1.29, 1.82) is 0 Å². The Hall–Kier alpha value is -2.29. The highest BCUT2D eigenvalue weighted by Crippen LogP contribution is 2.27. The molecule has 2 N–H and O–H groups in total. The van der Waals surface area contributed by atoms with E-state index < -0.39 is 0 Å². The van der Waals surface area contributed by atoms with Crippen LogP contribution in [-0.4, -0.2) is 49.6 Å². The number of halogens is 1. The van der Waals surface area contributed by atoms with Gasteiger partial charge in [-0.15, -0.1) is 24.0 Å². The van der Waals surface area contributed by atoms with Crippen LogP contribution in [-0.2, 0) is 24.2 Å². The summed E-state index contributed by atoms with van der Waals surface area (Å²) < 4.78 is 5.94. The van der Waals surface area contributed by atoms with Gasteiger partial charge in [-0.2, -0.15) is 0 Å². The number of amides is 1. The van der Waals surface area contributed by atoms with Gasteiger partial charge in [0.15, 0.2) is 5.96 Å². The Morgan fingerprint density at radius 3 is 2.59 bits per heavy atom. The topological polar surface area (TPSA) is 66.0 Å². The summed E-state index contributed by atoms with van der Waals surface area (Å²) in [6.07, 6.45) is 1.87. The number of nitrogens with one attached hydrogen (secondary N) is 2. The fraction of sp³-hybridized carbons (Fsp3) is 0.364. The Morgan fingerprint density at radius 2 is 1.83 bits per heavy atom. The highest BCUT2D eigenvalue weighted by molar-refractivity contribution is 14.0. The van der Waals surface area contributed by atoms with Crippen LogP contribution in [0, 0.1) is 0 Å². The first-order chi connectivity index (χ1) is 13.7. The summed E-state index contributed by atoms with van der Waals surface area (Å²) in [6, 6.07) is 16.4. The minimum absolute atomic E-state index is 0. The maximum Gasteiger partial charge on any atom is 0.242 e. The third-order valence-electron chi connectivity index (χ3n) is 5.33. The lowest BCUT2D eigenvalue weighted by atomic mass is 10.00. The van der Waals surface area contributed by atoms with Crippen molar-refractivity contribution in [2.45, 2.75) is 25.5 Å². The molecule has 6 nitrogen and oxygen atoms in total. The molecule has 2 heterocycles. The van der Waals surface area contributed by atoms with Gasteiger partial charge < -0.3 is 20.3 Å². The van der Waals surface area contributed by atoms with Crippen molar-refractivity contribution in [2.24, 2.45) is 4.99 Å². The van der Waals surface area contributed by atoms with Gasteiger partial charge in [0.25, 0.3) is 0 Å². The van der Waals surface area contributed by atoms with Gasteiger partial charge in [-0.25, -0.2) is 0 Å². The number of para-hydroxylation sites is 1. The fourth-order valence-electron chi connectivity index (χ4n) is 3.78. The van der Waals surface area contributed by atoms with Gasteiger partial charge in [0, 0.05) is 26.6 Å². The first-order valence-electron chi connectivity index (χ1n) is 9.76. The van der Waals surface area contributed by atoms with Gasteiger partial charge >= 0.3 is 0 Å². The van der Waals surface area contributed by atoms with Crippen LogP contribution in [0.3, 0.4) is 0 Å². The molecule has 29 heavy (non-hydrogen) atoms. The Labute approximate surface area is 188 Å². The first kappa shape index (κ1) is 21.4. The molecule has 0 bridgehead atoms. The molecule has 0 fully saturated rings. The molecule has 0 radical (unpaired) electrons. The van der Waals surface area contributed by atoms with E-state index in [-0.39, 0.29) is 42.5 Å². The molecule has 0 aliphatic carbocycles. The number of hydrogen-bond acceptors (Lipinski definition) is 3. The van der Waals surface area contributed by atoms with Crippen LogP contribution < -0.4 is 15.4 Å². The van der Waals surface area contributed by atoms with Crippen molar-refractivity contribution in [2.75, 3.05) is 26.7 Å². The van der Waals surface area contributed by atoms with Crippen LogP contribution in [0.5, 0.6) is 5.75 Å². The summed E-state index contributed by atoms with van der Waals surface area (Å²) in [6.45, 7) is 2.31. The van der Waals surface area contributed by atoms with Crippen LogP contribution in [0.25, 0.3) is 0 Å². The molecule has 0 aromatic heterocycles. The Morgan fingerprint density at radius 1 is 1.10 bits per heavy atom. The van der Waals surface area contributed by atoms with E-state index in [1.807, 2.05) is 29.2 Å². The smallest absolute Gasteiger partial charge is 0.242 e. The normalized spacial score (nSPS) is 17.5. The molecule has 4 rings (SSSR count). The number of benzene rings is 2. The number of carbonyl (C=O) groups excluding carboxylic acids is 1. The lowest BCUT2D eigenvalue weighted by Gasteiger charge is -2.29. The summed E-state index contributed by atoms with van der Waals surface area (Å²) in [5.41, 5.74) is 3.81. The summed E-state index contributed by atoms with van der Waals surface area (Å²) in [5.74, 6) is 1.66. The van der Waals surface area contributed by atoms with Gasteiger partial charge in [0.1, 0.15) is 11.9 Å². The van der Waals surface area contributed by atoms with Gasteiger partial charge in [0.2, 0.25) is 5.91 Å². The van der Waals surface area contributed by atoms with E-state index in [9.17, 15) is 4.79 Å². The largest absolute Gasteiger partial charge is 0.488 e. The molecular formula is C22H27IN4O2. The predicted molar refractivity (Wildman–Crippen MR) is 125 cm³/mol. The number of fused-ring (bicyclic) bond motifs is 2. The molecule has 2 aromatic rings. The number of aliphatic imine (C=N–C) groups is 1. The monoisotopic (exact) mass is 506 g/mol. The van der Waals surface area contributed by atoms with Gasteiger partial charge in [-0.1, -0.05) is 42.5 Å². The quantitative estimate of drug-likeness (QED) is 0.380. The van der Waals surface area contributed by atoms with Crippen LogP contribution >= 0.6 is 24.0 Å². The van der Waals surface area contributed by atoms with Crippen LogP contribution in [0.4, 0.5) is 0 Å². The maximum absolute atomic E-state index is 12.6. The SMILES string of the molecule is CN=C(NCC(=O)N1CCc2ccccc2C1)NCC1Cc2ccccc2O1.I. The minimum Gasteiger partial charge on any atom is -0.488 e. The summed E-state index contributed by atoms with van der Waals surface area (Å²) in [4.78, 5) is 18.7. The molecule has 0 spiro atoms. The number of nitrogens with zero attached hydrogens (tertiary/aromatic N) is 2. The van der Waals surface area contributed by atoms with Crippen molar-refractivity contribution in [3.63, 3.8) is 0 Å². The molecule has 154 valence electrons. The Kier molecular flexibility index (Phi) is 7.35. The lowest BCUT2D eigenvalue weighted by molar-refractivity contribution is -0.130. The maximum atomic E-state index is 12.6. The predicted octanol–water partition coefficient (Wildman–Crippen LogP) is 2.36. The third-order valence-corrected chi connectivity index (χ3v) is 5.33. The third kappa shape index (κ3) is 5.20. The van der Waals surface area contributed by atoms with Crippen LogP contribution in [0.15, 0.2) is 53.5 Å². The van der Waals surface area contributed by atoms with Gasteiger partial charge in [-0.05, 0) is 29.2 Å². The standard InChI is InChI=1S/C22H26N4O2.HI/c1-23-22(24-13-19-12-17-7-4-5-9-20(17)28-19)25-14-21(27)26-11-10-16-6-2-3-8-18(16)15-26;/h2-9,19H,10-15H2,1H3,(H2,23,24,25);1H. The van der Waals surface area contributed by atoms with Crippen molar-refractivity contribution < 1.29 is 9.53 Å². The number of carbonyl (C=O) groups is 1. The molecular weight excluding hydrogens is 479 g/mol. The number of rotatable bonds is 4. The van der Waals surface area contributed by atoms with Gasteiger partial charge in [0.05, 0.1) is 13.1 Å². The second-order valence-corrected chi connectivity index (χ2v) is 7.19.